The highest BCUT2D eigenvalue weighted by Gasteiger charge is 2.23. The highest BCUT2D eigenvalue weighted by Crippen LogP contribution is 2.20. The van der Waals surface area contributed by atoms with Gasteiger partial charge in [-0.1, -0.05) is 24.3 Å². The SMILES string of the molecule is COCc1cccc(CNC(=O)c2[nH]c(C)c(C(=O)OC(C)C)c2C)c1. The average molecular weight is 358 g/mol. The van der Waals surface area contributed by atoms with Crippen molar-refractivity contribution in [3.63, 3.8) is 0 Å². The van der Waals surface area contributed by atoms with Crippen molar-refractivity contribution in [1.82, 2.24) is 10.3 Å². The molecule has 6 nitrogen and oxygen atoms in total. The lowest BCUT2D eigenvalue weighted by Gasteiger charge is -2.09. The Labute approximate surface area is 153 Å². The lowest BCUT2D eigenvalue weighted by atomic mass is 10.1. The second kappa shape index (κ2) is 8.67. The summed E-state index contributed by atoms with van der Waals surface area (Å²) in [4.78, 5) is 27.8. The summed E-state index contributed by atoms with van der Waals surface area (Å²) in [6.45, 7) is 8.00. The number of ether oxygens (including phenoxy) is 2. The molecule has 1 heterocycles. The van der Waals surface area contributed by atoms with Gasteiger partial charge >= 0.3 is 5.97 Å². The van der Waals surface area contributed by atoms with Crippen molar-refractivity contribution in [3.05, 3.63) is 57.9 Å². The van der Waals surface area contributed by atoms with E-state index in [1.165, 1.54) is 0 Å². The molecule has 1 aromatic carbocycles. The number of aryl methyl sites for hydroxylation is 1. The number of amides is 1. The van der Waals surface area contributed by atoms with Crippen LogP contribution in [0, 0.1) is 13.8 Å². The number of esters is 1. The molecule has 1 aromatic heterocycles. The van der Waals surface area contributed by atoms with Gasteiger partial charge < -0.3 is 19.8 Å². The predicted molar refractivity (Wildman–Crippen MR) is 99.1 cm³/mol. The van der Waals surface area contributed by atoms with Gasteiger partial charge in [0.25, 0.3) is 5.91 Å². The Hall–Kier alpha value is -2.60. The predicted octanol–water partition coefficient (Wildman–Crippen LogP) is 3.27. The van der Waals surface area contributed by atoms with E-state index >= 15 is 0 Å². The Balaban J connectivity index is 2.10. The van der Waals surface area contributed by atoms with Crippen LogP contribution in [0.1, 0.15) is 57.1 Å². The van der Waals surface area contributed by atoms with Crippen molar-refractivity contribution in [2.24, 2.45) is 0 Å². The van der Waals surface area contributed by atoms with Crippen LogP contribution in [-0.4, -0.2) is 30.1 Å². The number of rotatable bonds is 7. The molecule has 0 radical (unpaired) electrons. The normalized spacial score (nSPS) is 10.8. The van der Waals surface area contributed by atoms with E-state index < -0.39 is 5.97 Å². The zero-order chi connectivity index (χ0) is 19.3. The molecular formula is C20H26N2O4. The number of carbonyl (C=O) groups excluding carboxylic acids is 2. The lowest BCUT2D eigenvalue weighted by molar-refractivity contribution is 0.0376. The minimum absolute atomic E-state index is 0.215. The molecule has 140 valence electrons. The smallest absolute Gasteiger partial charge is 0.340 e. The third-order valence-corrected chi connectivity index (χ3v) is 3.97. The van der Waals surface area contributed by atoms with Gasteiger partial charge in [-0.2, -0.15) is 0 Å². The standard InChI is InChI=1S/C20H26N2O4/c1-12(2)26-20(24)17-13(3)18(22-14(17)4)19(23)21-10-15-7-6-8-16(9-15)11-25-5/h6-9,12,22H,10-11H2,1-5H3,(H,21,23). The fourth-order valence-corrected chi connectivity index (χ4v) is 2.82. The number of aromatic amines is 1. The van der Waals surface area contributed by atoms with Gasteiger partial charge in [0.05, 0.1) is 18.3 Å². The first-order valence-corrected chi connectivity index (χ1v) is 8.58. The molecule has 0 saturated carbocycles. The van der Waals surface area contributed by atoms with E-state index in [9.17, 15) is 9.59 Å². The third-order valence-electron chi connectivity index (χ3n) is 3.97. The highest BCUT2D eigenvalue weighted by atomic mass is 16.5. The molecule has 0 aliphatic carbocycles. The van der Waals surface area contributed by atoms with Crippen LogP contribution in [-0.2, 0) is 22.6 Å². The molecular weight excluding hydrogens is 332 g/mol. The summed E-state index contributed by atoms with van der Waals surface area (Å²) in [6.07, 6.45) is -0.215. The van der Waals surface area contributed by atoms with Crippen molar-refractivity contribution in [3.8, 4) is 0 Å². The first kappa shape index (κ1) is 19.7. The van der Waals surface area contributed by atoms with E-state index in [0.717, 1.165) is 11.1 Å². The lowest BCUT2D eigenvalue weighted by Crippen LogP contribution is -2.24. The molecule has 0 unspecified atom stereocenters. The molecule has 0 saturated heterocycles. The second-order valence-corrected chi connectivity index (χ2v) is 6.51. The summed E-state index contributed by atoms with van der Waals surface area (Å²) in [5, 5.41) is 2.88. The monoisotopic (exact) mass is 358 g/mol. The Morgan fingerprint density at radius 3 is 2.54 bits per heavy atom. The van der Waals surface area contributed by atoms with Crippen molar-refractivity contribution < 1.29 is 19.1 Å². The maximum atomic E-state index is 12.5. The summed E-state index contributed by atoms with van der Waals surface area (Å²) >= 11 is 0. The number of nitrogens with one attached hydrogen (secondary N) is 2. The number of benzene rings is 1. The summed E-state index contributed by atoms with van der Waals surface area (Å²) in [6, 6.07) is 7.83. The minimum Gasteiger partial charge on any atom is -0.459 e. The average Bonchev–Trinajstić information content (AvgIpc) is 2.87. The second-order valence-electron chi connectivity index (χ2n) is 6.51. The third kappa shape index (κ3) is 4.73. The van der Waals surface area contributed by atoms with Crippen LogP contribution in [0.15, 0.2) is 24.3 Å². The Morgan fingerprint density at radius 2 is 1.88 bits per heavy atom. The molecule has 0 spiro atoms. The first-order chi connectivity index (χ1) is 12.3. The van der Waals surface area contributed by atoms with Crippen LogP contribution < -0.4 is 5.32 Å². The van der Waals surface area contributed by atoms with Gasteiger partial charge in [-0.3, -0.25) is 4.79 Å². The van der Waals surface area contributed by atoms with Crippen LogP contribution in [0.3, 0.4) is 0 Å². The van der Waals surface area contributed by atoms with Gasteiger partial charge in [0, 0.05) is 19.3 Å². The van der Waals surface area contributed by atoms with Gasteiger partial charge in [-0.25, -0.2) is 4.79 Å². The maximum Gasteiger partial charge on any atom is 0.340 e. The summed E-state index contributed by atoms with van der Waals surface area (Å²) in [7, 11) is 1.65. The zero-order valence-electron chi connectivity index (χ0n) is 15.9. The number of hydrogen-bond donors (Lipinski definition) is 2. The molecule has 0 atom stereocenters. The Bertz CT molecular complexity index is 793. The number of hydrogen-bond acceptors (Lipinski definition) is 4. The molecule has 1 amide bonds. The van der Waals surface area contributed by atoms with Gasteiger partial charge in [-0.15, -0.1) is 0 Å². The van der Waals surface area contributed by atoms with E-state index in [2.05, 4.69) is 10.3 Å². The number of H-pyrrole nitrogens is 1. The molecule has 2 rings (SSSR count). The van der Waals surface area contributed by atoms with Crippen LogP contribution in [0.4, 0.5) is 0 Å². The van der Waals surface area contributed by atoms with Gasteiger partial charge in [0.1, 0.15) is 5.69 Å². The van der Waals surface area contributed by atoms with Crippen LogP contribution in [0.2, 0.25) is 0 Å². The van der Waals surface area contributed by atoms with E-state index in [1.807, 2.05) is 24.3 Å². The Morgan fingerprint density at radius 1 is 1.19 bits per heavy atom. The molecule has 0 fully saturated rings. The zero-order valence-corrected chi connectivity index (χ0v) is 15.9. The number of methoxy groups -OCH3 is 1. The largest absolute Gasteiger partial charge is 0.459 e. The van der Waals surface area contributed by atoms with E-state index in [1.54, 1.807) is 34.8 Å². The minimum atomic E-state index is -0.419. The highest BCUT2D eigenvalue weighted by molar-refractivity contribution is 6.00. The Kier molecular flexibility index (Phi) is 6.58. The van der Waals surface area contributed by atoms with Crippen molar-refractivity contribution in [2.45, 2.75) is 47.0 Å². The molecule has 0 aliphatic heterocycles. The van der Waals surface area contributed by atoms with E-state index in [4.69, 9.17) is 9.47 Å². The van der Waals surface area contributed by atoms with Crippen molar-refractivity contribution >= 4 is 11.9 Å². The van der Waals surface area contributed by atoms with Crippen LogP contribution >= 0.6 is 0 Å². The van der Waals surface area contributed by atoms with Crippen molar-refractivity contribution in [1.29, 1.82) is 0 Å². The molecule has 0 aliphatic rings. The summed E-state index contributed by atoms with van der Waals surface area (Å²) in [5.41, 5.74) is 4.05. The number of aromatic nitrogens is 1. The maximum absolute atomic E-state index is 12.5. The molecule has 26 heavy (non-hydrogen) atoms. The van der Waals surface area contributed by atoms with E-state index in [0.29, 0.717) is 35.7 Å². The first-order valence-electron chi connectivity index (χ1n) is 8.58. The quantitative estimate of drug-likeness (QED) is 0.745. The van der Waals surface area contributed by atoms with Crippen molar-refractivity contribution in [2.75, 3.05) is 7.11 Å². The fourth-order valence-electron chi connectivity index (χ4n) is 2.82. The molecule has 0 bridgehead atoms. The van der Waals surface area contributed by atoms with E-state index in [-0.39, 0.29) is 12.0 Å². The molecule has 6 heteroatoms. The fraction of sp³-hybridized carbons (Fsp3) is 0.400. The summed E-state index contributed by atoms with van der Waals surface area (Å²) < 4.78 is 10.4. The topological polar surface area (TPSA) is 80.4 Å². The van der Waals surface area contributed by atoms with Crippen LogP contribution in [0.5, 0.6) is 0 Å². The molecule has 2 aromatic rings. The number of carbonyl (C=O) groups is 2. The molecule has 2 N–H and O–H groups in total. The van der Waals surface area contributed by atoms with Gasteiger partial charge in [-0.05, 0) is 44.4 Å². The summed E-state index contributed by atoms with van der Waals surface area (Å²) in [5.74, 6) is -0.677. The van der Waals surface area contributed by atoms with Gasteiger partial charge in [0.15, 0.2) is 0 Å². The van der Waals surface area contributed by atoms with Crippen LogP contribution in [0.25, 0.3) is 0 Å². The van der Waals surface area contributed by atoms with Gasteiger partial charge in [0.2, 0.25) is 0 Å².